The van der Waals surface area contributed by atoms with E-state index in [0.717, 1.165) is 20.6 Å². The van der Waals surface area contributed by atoms with Gasteiger partial charge in [-0.1, -0.05) is 30.3 Å². The first kappa shape index (κ1) is 15.6. The third kappa shape index (κ3) is 4.60. The standard InChI is InChI=1S/C17H16INO2/c1-2-21-16-10-6-3-7-13(16)11-12-17(20)19-15-9-5-4-8-14(15)18/h3-12H,2H2,1H3,(H,19,20)/b12-11+. The molecule has 0 aliphatic carbocycles. The highest BCUT2D eigenvalue weighted by atomic mass is 127. The molecule has 0 unspecified atom stereocenters. The van der Waals surface area contributed by atoms with Gasteiger partial charge in [-0.2, -0.15) is 0 Å². The Hall–Kier alpha value is -1.82. The molecule has 0 saturated carbocycles. The Balaban J connectivity index is 2.07. The van der Waals surface area contributed by atoms with E-state index in [1.807, 2.05) is 55.5 Å². The minimum atomic E-state index is -0.162. The molecule has 1 amide bonds. The summed E-state index contributed by atoms with van der Waals surface area (Å²) in [6.07, 6.45) is 3.27. The molecule has 0 spiro atoms. The second-order valence-electron chi connectivity index (χ2n) is 4.27. The first-order valence-electron chi connectivity index (χ1n) is 6.66. The van der Waals surface area contributed by atoms with Crippen LogP contribution < -0.4 is 10.1 Å². The van der Waals surface area contributed by atoms with Gasteiger partial charge in [-0.05, 0) is 53.8 Å². The average Bonchev–Trinajstić information content (AvgIpc) is 2.49. The van der Waals surface area contributed by atoms with Crippen LogP contribution in [0.1, 0.15) is 12.5 Å². The lowest BCUT2D eigenvalue weighted by Gasteiger charge is -2.07. The zero-order valence-corrected chi connectivity index (χ0v) is 13.8. The third-order valence-electron chi connectivity index (χ3n) is 2.76. The Morgan fingerprint density at radius 3 is 2.67 bits per heavy atom. The van der Waals surface area contributed by atoms with E-state index >= 15 is 0 Å². The van der Waals surface area contributed by atoms with Crippen molar-refractivity contribution in [2.24, 2.45) is 0 Å². The van der Waals surface area contributed by atoms with Crippen LogP contribution in [0.5, 0.6) is 5.75 Å². The molecule has 0 atom stereocenters. The summed E-state index contributed by atoms with van der Waals surface area (Å²) in [5.74, 6) is 0.615. The van der Waals surface area contributed by atoms with E-state index < -0.39 is 0 Å². The van der Waals surface area contributed by atoms with E-state index in [0.29, 0.717) is 6.61 Å². The van der Waals surface area contributed by atoms with Gasteiger partial charge in [0.05, 0.1) is 12.3 Å². The second-order valence-corrected chi connectivity index (χ2v) is 5.44. The maximum atomic E-state index is 12.0. The number of benzene rings is 2. The highest BCUT2D eigenvalue weighted by molar-refractivity contribution is 14.1. The van der Waals surface area contributed by atoms with E-state index in [1.165, 1.54) is 6.08 Å². The molecule has 4 heteroatoms. The molecule has 2 aromatic carbocycles. The molecule has 0 aliphatic heterocycles. The Morgan fingerprint density at radius 2 is 1.90 bits per heavy atom. The van der Waals surface area contributed by atoms with Crippen molar-refractivity contribution in [1.29, 1.82) is 0 Å². The zero-order chi connectivity index (χ0) is 15.1. The fourth-order valence-corrected chi connectivity index (χ4v) is 2.33. The Labute approximate surface area is 138 Å². The first-order chi connectivity index (χ1) is 10.2. The number of hydrogen-bond acceptors (Lipinski definition) is 2. The van der Waals surface area contributed by atoms with E-state index in [9.17, 15) is 4.79 Å². The Bertz CT molecular complexity index is 653. The van der Waals surface area contributed by atoms with Crippen LogP contribution in [0.4, 0.5) is 5.69 Å². The van der Waals surface area contributed by atoms with Crippen molar-refractivity contribution in [2.75, 3.05) is 11.9 Å². The first-order valence-corrected chi connectivity index (χ1v) is 7.74. The van der Waals surface area contributed by atoms with Crippen molar-refractivity contribution in [2.45, 2.75) is 6.92 Å². The number of ether oxygens (including phenoxy) is 1. The predicted octanol–water partition coefficient (Wildman–Crippen LogP) is 4.34. The molecule has 3 nitrogen and oxygen atoms in total. The number of anilines is 1. The van der Waals surface area contributed by atoms with Crippen LogP contribution in [-0.4, -0.2) is 12.5 Å². The average molecular weight is 393 g/mol. The summed E-state index contributed by atoms with van der Waals surface area (Å²) in [6, 6.07) is 15.3. The van der Waals surface area contributed by atoms with Crippen molar-refractivity contribution < 1.29 is 9.53 Å². The molecule has 0 aromatic heterocycles. The third-order valence-corrected chi connectivity index (χ3v) is 3.71. The number of halogens is 1. The van der Waals surface area contributed by atoms with Gasteiger partial charge in [0.25, 0.3) is 0 Å². The topological polar surface area (TPSA) is 38.3 Å². The van der Waals surface area contributed by atoms with Crippen LogP contribution in [0.25, 0.3) is 6.08 Å². The van der Waals surface area contributed by atoms with Gasteiger partial charge in [-0.25, -0.2) is 0 Å². The van der Waals surface area contributed by atoms with Gasteiger partial charge < -0.3 is 10.1 Å². The number of para-hydroxylation sites is 2. The van der Waals surface area contributed by atoms with Crippen molar-refractivity contribution >= 4 is 40.3 Å². The molecular formula is C17H16INO2. The van der Waals surface area contributed by atoms with Crippen LogP contribution in [0.2, 0.25) is 0 Å². The number of hydrogen-bond donors (Lipinski definition) is 1. The van der Waals surface area contributed by atoms with Gasteiger partial charge >= 0.3 is 0 Å². The summed E-state index contributed by atoms with van der Waals surface area (Å²) in [6.45, 7) is 2.53. The van der Waals surface area contributed by atoms with Gasteiger partial charge in [0, 0.05) is 15.2 Å². The largest absolute Gasteiger partial charge is 0.493 e. The number of carbonyl (C=O) groups is 1. The van der Waals surface area contributed by atoms with E-state index in [1.54, 1.807) is 6.08 Å². The highest BCUT2D eigenvalue weighted by Crippen LogP contribution is 2.20. The van der Waals surface area contributed by atoms with Crippen molar-refractivity contribution in [3.63, 3.8) is 0 Å². The molecule has 2 aromatic rings. The van der Waals surface area contributed by atoms with E-state index in [4.69, 9.17) is 4.74 Å². The fraction of sp³-hybridized carbons (Fsp3) is 0.118. The van der Waals surface area contributed by atoms with Crippen LogP contribution in [0, 0.1) is 3.57 Å². The summed E-state index contributed by atoms with van der Waals surface area (Å²) in [5, 5.41) is 2.86. The highest BCUT2D eigenvalue weighted by Gasteiger charge is 2.03. The summed E-state index contributed by atoms with van der Waals surface area (Å²) < 4.78 is 6.53. The number of carbonyl (C=O) groups excluding carboxylic acids is 1. The molecule has 1 N–H and O–H groups in total. The molecule has 0 radical (unpaired) electrons. The minimum absolute atomic E-state index is 0.162. The SMILES string of the molecule is CCOc1ccccc1/C=C/C(=O)Nc1ccccc1I. The number of nitrogens with one attached hydrogen (secondary N) is 1. The predicted molar refractivity (Wildman–Crippen MR) is 94.4 cm³/mol. The quantitative estimate of drug-likeness (QED) is 0.606. The van der Waals surface area contributed by atoms with Crippen LogP contribution in [0.15, 0.2) is 54.6 Å². The summed E-state index contributed by atoms with van der Waals surface area (Å²) in [4.78, 5) is 12.0. The monoisotopic (exact) mass is 393 g/mol. The fourth-order valence-electron chi connectivity index (χ4n) is 1.81. The molecule has 0 aliphatic rings. The molecule has 0 fully saturated rings. The van der Waals surface area contributed by atoms with Crippen molar-refractivity contribution in [3.05, 3.63) is 63.7 Å². The van der Waals surface area contributed by atoms with Gasteiger partial charge in [0.1, 0.15) is 5.75 Å². The normalized spacial score (nSPS) is 10.6. The lowest BCUT2D eigenvalue weighted by atomic mass is 10.2. The molecule has 0 heterocycles. The summed E-state index contributed by atoms with van der Waals surface area (Å²) in [7, 11) is 0. The van der Waals surface area contributed by atoms with Crippen LogP contribution in [-0.2, 0) is 4.79 Å². The van der Waals surface area contributed by atoms with E-state index in [-0.39, 0.29) is 5.91 Å². The summed E-state index contributed by atoms with van der Waals surface area (Å²) >= 11 is 2.19. The number of rotatable bonds is 5. The Kier molecular flexibility index (Phi) is 5.80. The lowest BCUT2D eigenvalue weighted by molar-refractivity contribution is -0.111. The maximum absolute atomic E-state index is 12.0. The zero-order valence-electron chi connectivity index (χ0n) is 11.7. The Morgan fingerprint density at radius 1 is 1.19 bits per heavy atom. The van der Waals surface area contributed by atoms with Gasteiger partial charge in [-0.15, -0.1) is 0 Å². The molecular weight excluding hydrogens is 377 g/mol. The smallest absolute Gasteiger partial charge is 0.248 e. The van der Waals surface area contributed by atoms with Crippen LogP contribution in [0.3, 0.4) is 0 Å². The van der Waals surface area contributed by atoms with Gasteiger partial charge in [0.15, 0.2) is 0 Å². The van der Waals surface area contributed by atoms with Crippen molar-refractivity contribution in [1.82, 2.24) is 0 Å². The molecule has 0 bridgehead atoms. The second kappa shape index (κ2) is 7.83. The van der Waals surface area contributed by atoms with Gasteiger partial charge in [0.2, 0.25) is 5.91 Å². The van der Waals surface area contributed by atoms with Crippen LogP contribution >= 0.6 is 22.6 Å². The van der Waals surface area contributed by atoms with Gasteiger partial charge in [-0.3, -0.25) is 4.79 Å². The lowest BCUT2D eigenvalue weighted by Crippen LogP contribution is -2.08. The minimum Gasteiger partial charge on any atom is -0.493 e. The summed E-state index contributed by atoms with van der Waals surface area (Å²) in [5.41, 5.74) is 1.70. The molecule has 2 rings (SSSR count). The maximum Gasteiger partial charge on any atom is 0.248 e. The number of amides is 1. The van der Waals surface area contributed by atoms with Crippen molar-refractivity contribution in [3.8, 4) is 5.75 Å². The molecule has 21 heavy (non-hydrogen) atoms. The molecule has 108 valence electrons. The van der Waals surface area contributed by atoms with E-state index in [2.05, 4.69) is 27.9 Å². The molecule has 0 saturated heterocycles.